The van der Waals surface area contributed by atoms with Crippen molar-refractivity contribution in [2.45, 2.75) is 38.6 Å². The van der Waals surface area contributed by atoms with Gasteiger partial charge < -0.3 is 0 Å². The van der Waals surface area contributed by atoms with Gasteiger partial charge in [-0.25, -0.2) is 4.57 Å². The second kappa shape index (κ2) is 7.86. The minimum Gasteiger partial charge on any atom is -0.205 e. The fourth-order valence-electron chi connectivity index (χ4n) is 1.71. The zero-order valence-electron chi connectivity index (χ0n) is 10.1. The average molecular weight is 216 g/mol. The molecular formula is C15H22N+. The minimum atomic E-state index is 1.06. The maximum absolute atomic E-state index is 3.75. The number of hydrogen-bond donors (Lipinski definition) is 0. The Labute approximate surface area is 99.1 Å². The molecule has 0 atom stereocenters. The Morgan fingerprint density at radius 1 is 1.12 bits per heavy atom. The van der Waals surface area contributed by atoms with Gasteiger partial charge in [0.05, 0.1) is 0 Å². The lowest BCUT2D eigenvalue weighted by molar-refractivity contribution is -0.697. The van der Waals surface area contributed by atoms with Crippen LogP contribution in [0.5, 0.6) is 0 Å². The van der Waals surface area contributed by atoms with Gasteiger partial charge in [-0.2, -0.15) is 0 Å². The Balaban J connectivity index is 2.40. The Kier molecular flexibility index (Phi) is 6.24. The van der Waals surface area contributed by atoms with Crippen LogP contribution in [0, 0.1) is 0 Å². The number of unbranched alkanes of at least 4 members (excludes halogenated alkanes) is 2. The van der Waals surface area contributed by atoms with Gasteiger partial charge in [-0.3, -0.25) is 0 Å². The van der Waals surface area contributed by atoms with Gasteiger partial charge in [0.1, 0.15) is 6.54 Å². The fourth-order valence-corrected chi connectivity index (χ4v) is 1.71. The first-order valence-electron chi connectivity index (χ1n) is 6.06. The van der Waals surface area contributed by atoms with Crippen molar-refractivity contribution in [1.29, 1.82) is 0 Å². The van der Waals surface area contributed by atoms with Gasteiger partial charge in [-0.05, 0) is 31.7 Å². The third kappa shape index (κ3) is 4.92. The highest BCUT2D eigenvalue weighted by molar-refractivity contribution is 5.06. The zero-order valence-corrected chi connectivity index (χ0v) is 10.1. The maximum atomic E-state index is 3.75. The second-order valence-corrected chi connectivity index (χ2v) is 4.06. The first-order valence-corrected chi connectivity index (χ1v) is 6.06. The molecule has 0 unspecified atom stereocenters. The molecule has 0 radical (unpaired) electrons. The summed E-state index contributed by atoms with van der Waals surface area (Å²) in [5.74, 6) is 0. The van der Waals surface area contributed by atoms with Crippen LogP contribution in [0.2, 0.25) is 0 Å². The molecule has 0 bridgehead atoms. The topological polar surface area (TPSA) is 3.88 Å². The van der Waals surface area contributed by atoms with Crippen molar-refractivity contribution < 1.29 is 4.57 Å². The van der Waals surface area contributed by atoms with Crippen molar-refractivity contribution in [3.63, 3.8) is 0 Å². The molecule has 0 spiro atoms. The second-order valence-electron chi connectivity index (χ2n) is 4.06. The smallest absolute Gasteiger partial charge is 0.171 e. The van der Waals surface area contributed by atoms with Crippen LogP contribution in [0.25, 0.3) is 0 Å². The van der Waals surface area contributed by atoms with Gasteiger partial charge in [0.2, 0.25) is 0 Å². The van der Waals surface area contributed by atoms with Crippen LogP contribution in [0.3, 0.4) is 0 Å². The number of rotatable bonds is 8. The SMILES string of the molecule is C=CCCCC[n+]1cccc(CCC=C)c1. The van der Waals surface area contributed by atoms with Gasteiger partial charge in [0, 0.05) is 18.1 Å². The standard InChI is InChI=1S/C15H22N/c1-3-5-7-8-12-16-13-9-11-15(14-16)10-6-4-2/h3-4,9,11,13-14H,1-2,5-8,10,12H2/q+1. The number of allylic oxidation sites excluding steroid dienone is 2. The largest absolute Gasteiger partial charge is 0.205 e. The van der Waals surface area contributed by atoms with Crippen molar-refractivity contribution in [2.75, 3.05) is 0 Å². The van der Waals surface area contributed by atoms with Gasteiger partial charge >= 0.3 is 0 Å². The zero-order chi connectivity index (χ0) is 11.6. The van der Waals surface area contributed by atoms with E-state index in [2.05, 4.69) is 42.3 Å². The normalized spacial score (nSPS) is 10.0. The van der Waals surface area contributed by atoms with Crippen LogP contribution < -0.4 is 4.57 Å². The number of nitrogens with zero attached hydrogens (tertiary/aromatic N) is 1. The summed E-state index contributed by atoms with van der Waals surface area (Å²) < 4.78 is 2.28. The van der Waals surface area contributed by atoms with E-state index in [1.807, 2.05) is 12.2 Å². The molecular weight excluding hydrogens is 194 g/mol. The van der Waals surface area contributed by atoms with Gasteiger partial charge in [0.25, 0.3) is 0 Å². The van der Waals surface area contributed by atoms with E-state index in [-0.39, 0.29) is 0 Å². The number of aromatic nitrogens is 1. The maximum Gasteiger partial charge on any atom is 0.171 e. The molecule has 86 valence electrons. The van der Waals surface area contributed by atoms with Gasteiger partial charge in [-0.15, -0.1) is 13.2 Å². The average Bonchev–Trinajstić information content (AvgIpc) is 2.33. The molecule has 0 fully saturated rings. The van der Waals surface area contributed by atoms with Crippen molar-refractivity contribution >= 4 is 0 Å². The van der Waals surface area contributed by atoms with Crippen molar-refractivity contribution in [3.8, 4) is 0 Å². The van der Waals surface area contributed by atoms with E-state index in [1.165, 1.54) is 18.4 Å². The summed E-state index contributed by atoms with van der Waals surface area (Å²) in [4.78, 5) is 0. The summed E-state index contributed by atoms with van der Waals surface area (Å²) in [6.07, 6.45) is 14.1. The van der Waals surface area contributed by atoms with Crippen LogP contribution in [0.1, 0.15) is 31.2 Å². The lowest BCUT2D eigenvalue weighted by Crippen LogP contribution is -2.33. The highest BCUT2D eigenvalue weighted by atomic mass is 14.9. The fraction of sp³-hybridized carbons (Fsp3) is 0.400. The molecule has 1 heteroatoms. The van der Waals surface area contributed by atoms with Crippen LogP contribution in [0.4, 0.5) is 0 Å². The Hall–Kier alpha value is -1.37. The van der Waals surface area contributed by atoms with Crippen LogP contribution in [-0.2, 0) is 13.0 Å². The summed E-state index contributed by atoms with van der Waals surface area (Å²) >= 11 is 0. The Morgan fingerprint density at radius 3 is 2.69 bits per heavy atom. The molecule has 0 aliphatic heterocycles. The minimum absolute atomic E-state index is 1.06. The molecule has 0 saturated heterocycles. The Bertz CT molecular complexity index is 328. The van der Waals surface area contributed by atoms with E-state index < -0.39 is 0 Å². The van der Waals surface area contributed by atoms with Gasteiger partial charge in [0.15, 0.2) is 12.4 Å². The molecule has 1 nitrogen and oxygen atoms in total. The molecule has 16 heavy (non-hydrogen) atoms. The molecule has 1 aromatic rings. The third-order valence-electron chi connectivity index (χ3n) is 2.63. The Morgan fingerprint density at radius 2 is 1.94 bits per heavy atom. The molecule has 0 N–H and O–H groups in total. The molecule has 0 saturated carbocycles. The summed E-state index contributed by atoms with van der Waals surface area (Å²) in [5, 5.41) is 0. The van der Waals surface area contributed by atoms with Crippen LogP contribution >= 0.6 is 0 Å². The van der Waals surface area contributed by atoms with Crippen molar-refractivity contribution in [3.05, 3.63) is 55.4 Å². The predicted octanol–water partition coefficient (Wildman–Crippen LogP) is 3.45. The molecule has 0 aliphatic rings. The van der Waals surface area contributed by atoms with Crippen molar-refractivity contribution in [1.82, 2.24) is 0 Å². The van der Waals surface area contributed by atoms with Crippen LogP contribution in [0.15, 0.2) is 49.8 Å². The van der Waals surface area contributed by atoms with E-state index in [9.17, 15) is 0 Å². The quantitative estimate of drug-likeness (QED) is 0.356. The first-order chi connectivity index (χ1) is 7.86. The molecule has 1 rings (SSSR count). The third-order valence-corrected chi connectivity index (χ3v) is 2.63. The monoisotopic (exact) mass is 216 g/mol. The van der Waals surface area contributed by atoms with E-state index in [0.29, 0.717) is 0 Å². The summed E-state index contributed by atoms with van der Waals surface area (Å²) in [6, 6.07) is 4.32. The summed E-state index contributed by atoms with van der Waals surface area (Å²) in [6.45, 7) is 8.60. The van der Waals surface area contributed by atoms with Crippen molar-refractivity contribution in [2.24, 2.45) is 0 Å². The predicted molar refractivity (Wildman–Crippen MR) is 69.2 cm³/mol. The first kappa shape index (κ1) is 12.7. The molecule has 1 aromatic heterocycles. The van der Waals surface area contributed by atoms with E-state index in [0.717, 1.165) is 25.8 Å². The van der Waals surface area contributed by atoms with E-state index in [1.54, 1.807) is 0 Å². The number of pyridine rings is 1. The molecule has 0 aromatic carbocycles. The molecule has 0 amide bonds. The molecule has 1 heterocycles. The van der Waals surface area contributed by atoms with Gasteiger partial charge in [-0.1, -0.05) is 12.2 Å². The highest BCUT2D eigenvalue weighted by Gasteiger charge is 2.01. The van der Waals surface area contributed by atoms with E-state index >= 15 is 0 Å². The molecule has 0 aliphatic carbocycles. The summed E-state index contributed by atoms with van der Waals surface area (Å²) in [7, 11) is 0. The lowest BCUT2D eigenvalue weighted by Gasteiger charge is -1.99. The van der Waals surface area contributed by atoms with E-state index in [4.69, 9.17) is 0 Å². The summed E-state index contributed by atoms with van der Waals surface area (Å²) in [5.41, 5.74) is 1.39. The number of aryl methyl sites for hydroxylation is 2. The van der Waals surface area contributed by atoms with Crippen LogP contribution in [-0.4, -0.2) is 0 Å². The number of hydrogen-bond acceptors (Lipinski definition) is 0. The highest BCUT2D eigenvalue weighted by Crippen LogP contribution is 2.01. The lowest BCUT2D eigenvalue weighted by atomic mass is 10.1.